The number of rotatable bonds is 2. The lowest BCUT2D eigenvalue weighted by Gasteiger charge is -2.15. The van der Waals surface area contributed by atoms with Gasteiger partial charge in [0.25, 0.3) is 0 Å². The van der Waals surface area contributed by atoms with Crippen LogP contribution < -0.4 is 0 Å². The zero-order chi connectivity index (χ0) is 10.8. The summed E-state index contributed by atoms with van der Waals surface area (Å²) < 4.78 is 36.2. The van der Waals surface area contributed by atoms with Crippen LogP contribution in [0.25, 0.3) is 0 Å². The average molecular weight is 223 g/mol. The highest BCUT2D eigenvalue weighted by molar-refractivity contribution is 6.31. The van der Waals surface area contributed by atoms with E-state index in [1.54, 1.807) is 24.3 Å². The molecule has 1 rings (SSSR count). The quantitative estimate of drug-likeness (QED) is 0.696. The summed E-state index contributed by atoms with van der Waals surface area (Å²) in [5.41, 5.74) is 0.548. The van der Waals surface area contributed by atoms with Gasteiger partial charge in [-0.25, -0.2) is 0 Å². The molecule has 0 aromatic heterocycles. The van der Waals surface area contributed by atoms with Crippen molar-refractivity contribution in [2.24, 2.45) is 0 Å². The largest absolute Gasteiger partial charge is 0.389 e. The van der Waals surface area contributed by atoms with Crippen LogP contribution in [0.5, 0.6) is 0 Å². The minimum absolute atomic E-state index is 0.393. The molecule has 78 valence electrons. The number of halogens is 4. The molecule has 0 amide bonds. The van der Waals surface area contributed by atoms with Gasteiger partial charge >= 0.3 is 6.18 Å². The van der Waals surface area contributed by atoms with Crippen molar-refractivity contribution in [2.45, 2.75) is 25.4 Å². The molecule has 0 N–H and O–H groups in total. The van der Waals surface area contributed by atoms with Crippen LogP contribution in [0.2, 0.25) is 5.02 Å². The van der Waals surface area contributed by atoms with Crippen molar-refractivity contribution in [1.82, 2.24) is 0 Å². The van der Waals surface area contributed by atoms with E-state index in [4.69, 9.17) is 11.6 Å². The molecule has 1 aromatic rings. The predicted molar refractivity (Wildman–Crippen MR) is 50.5 cm³/mol. The summed E-state index contributed by atoms with van der Waals surface area (Å²) in [6, 6.07) is 6.61. The number of hydrogen-bond donors (Lipinski definition) is 0. The van der Waals surface area contributed by atoms with E-state index in [0.717, 1.165) is 0 Å². The zero-order valence-corrected chi connectivity index (χ0v) is 8.36. The zero-order valence-electron chi connectivity index (χ0n) is 7.61. The summed E-state index contributed by atoms with van der Waals surface area (Å²) in [6.07, 6.45) is -4.98. The van der Waals surface area contributed by atoms with Crippen LogP contribution in [0, 0.1) is 0 Å². The van der Waals surface area contributed by atoms with Gasteiger partial charge in [-0.2, -0.15) is 13.2 Å². The summed E-state index contributed by atoms with van der Waals surface area (Å²) in [6.45, 7) is 1.52. The Balaban J connectivity index is 2.80. The molecular formula is C10H10ClF3. The minimum Gasteiger partial charge on any atom is -0.171 e. The fourth-order valence-corrected chi connectivity index (χ4v) is 1.65. The van der Waals surface area contributed by atoms with E-state index in [9.17, 15) is 13.2 Å². The fourth-order valence-electron chi connectivity index (χ4n) is 1.33. The molecule has 0 nitrogen and oxygen atoms in total. The van der Waals surface area contributed by atoms with Gasteiger partial charge < -0.3 is 0 Å². The number of hydrogen-bond acceptors (Lipinski definition) is 0. The van der Waals surface area contributed by atoms with E-state index < -0.39 is 18.5 Å². The maximum Gasteiger partial charge on any atom is 0.389 e. The van der Waals surface area contributed by atoms with Crippen LogP contribution in [-0.2, 0) is 0 Å². The lowest BCUT2D eigenvalue weighted by atomic mass is 9.98. The van der Waals surface area contributed by atoms with Gasteiger partial charge in [0.15, 0.2) is 0 Å². The molecule has 1 aromatic carbocycles. The molecule has 0 bridgehead atoms. The van der Waals surface area contributed by atoms with E-state index >= 15 is 0 Å². The molecule has 0 aliphatic rings. The lowest BCUT2D eigenvalue weighted by Crippen LogP contribution is -2.12. The standard InChI is InChI=1S/C10H10ClF3/c1-7(6-10(12,13)14)8-4-2-3-5-9(8)11/h2-5,7H,6H2,1H3. The second-order valence-electron chi connectivity index (χ2n) is 3.24. The summed E-state index contributed by atoms with van der Waals surface area (Å²) >= 11 is 5.78. The molecule has 0 fully saturated rings. The smallest absolute Gasteiger partial charge is 0.171 e. The second-order valence-corrected chi connectivity index (χ2v) is 3.65. The van der Waals surface area contributed by atoms with Crippen molar-refractivity contribution in [1.29, 1.82) is 0 Å². The highest BCUT2D eigenvalue weighted by Gasteiger charge is 2.30. The number of benzene rings is 1. The third-order valence-electron chi connectivity index (χ3n) is 1.97. The maximum atomic E-state index is 12.1. The molecule has 0 radical (unpaired) electrons. The monoisotopic (exact) mass is 222 g/mol. The molecule has 0 aliphatic carbocycles. The van der Waals surface area contributed by atoms with Crippen LogP contribution in [0.3, 0.4) is 0 Å². The second kappa shape index (κ2) is 4.22. The Hall–Kier alpha value is -0.700. The third kappa shape index (κ3) is 3.22. The summed E-state index contributed by atoms with van der Waals surface area (Å²) in [5.74, 6) is -0.594. The van der Waals surface area contributed by atoms with Gasteiger partial charge in [-0.15, -0.1) is 0 Å². The Morgan fingerprint density at radius 2 is 1.86 bits per heavy atom. The van der Waals surface area contributed by atoms with Gasteiger partial charge in [-0.3, -0.25) is 0 Å². The van der Waals surface area contributed by atoms with Gasteiger partial charge in [-0.05, 0) is 17.5 Å². The molecule has 0 heterocycles. The predicted octanol–water partition coefficient (Wildman–Crippen LogP) is 4.40. The first-order valence-electron chi connectivity index (χ1n) is 4.21. The van der Waals surface area contributed by atoms with E-state index in [0.29, 0.717) is 10.6 Å². The SMILES string of the molecule is CC(CC(F)(F)F)c1ccccc1Cl. The normalized spacial score (nSPS) is 14.1. The van der Waals surface area contributed by atoms with E-state index in [-0.39, 0.29) is 0 Å². The summed E-state index contributed by atoms with van der Waals surface area (Å²) in [4.78, 5) is 0. The Kier molecular flexibility index (Phi) is 3.43. The topological polar surface area (TPSA) is 0 Å². The average Bonchev–Trinajstić information content (AvgIpc) is 2.01. The Morgan fingerprint density at radius 1 is 1.29 bits per heavy atom. The van der Waals surface area contributed by atoms with E-state index in [2.05, 4.69) is 0 Å². The summed E-state index contributed by atoms with van der Waals surface area (Å²) in [5, 5.41) is 0.393. The van der Waals surface area contributed by atoms with Crippen molar-refractivity contribution in [2.75, 3.05) is 0 Å². The molecule has 0 spiro atoms. The maximum absolute atomic E-state index is 12.1. The Morgan fingerprint density at radius 3 is 2.36 bits per heavy atom. The molecule has 0 saturated carbocycles. The third-order valence-corrected chi connectivity index (χ3v) is 2.32. The molecule has 0 aliphatic heterocycles. The van der Waals surface area contributed by atoms with Gasteiger partial charge in [0.2, 0.25) is 0 Å². The van der Waals surface area contributed by atoms with E-state index in [1.165, 1.54) is 6.92 Å². The van der Waals surface area contributed by atoms with Crippen LogP contribution in [0.4, 0.5) is 13.2 Å². The Labute approximate surface area is 85.7 Å². The van der Waals surface area contributed by atoms with Crippen molar-refractivity contribution in [3.63, 3.8) is 0 Å². The highest BCUT2D eigenvalue weighted by Crippen LogP contribution is 2.33. The van der Waals surface area contributed by atoms with Gasteiger partial charge in [0.05, 0.1) is 6.42 Å². The van der Waals surface area contributed by atoms with Crippen molar-refractivity contribution in [3.05, 3.63) is 34.9 Å². The molecule has 1 unspecified atom stereocenters. The van der Waals surface area contributed by atoms with E-state index in [1.807, 2.05) is 0 Å². The van der Waals surface area contributed by atoms with Gasteiger partial charge in [0.1, 0.15) is 0 Å². The van der Waals surface area contributed by atoms with Crippen LogP contribution >= 0.6 is 11.6 Å². The molecule has 1 atom stereocenters. The molecule has 14 heavy (non-hydrogen) atoms. The van der Waals surface area contributed by atoms with Crippen molar-refractivity contribution in [3.8, 4) is 0 Å². The first-order chi connectivity index (χ1) is 6.40. The van der Waals surface area contributed by atoms with Gasteiger partial charge in [0, 0.05) is 5.02 Å². The van der Waals surface area contributed by atoms with Crippen LogP contribution in [0.15, 0.2) is 24.3 Å². The van der Waals surface area contributed by atoms with Gasteiger partial charge in [-0.1, -0.05) is 36.7 Å². The first kappa shape index (κ1) is 11.4. The lowest BCUT2D eigenvalue weighted by molar-refractivity contribution is -0.137. The van der Waals surface area contributed by atoms with Crippen molar-refractivity contribution < 1.29 is 13.2 Å². The fraction of sp³-hybridized carbons (Fsp3) is 0.400. The summed E-state index contributed by atoms with van der Waals surface area (Å²) in [7, 11) is 0. The first-order valence-corrected chi connectivity index (χ1v) is 4.59. The Bertz CT molecular complexity index is 306. The van der Waals surface area contributed by atoms with Crippen LogP contribution in [-0.4, -0.2) is 6.18 Å². The molecule has 0 saturated heterocycles. The minimum atomic E-state index is -4.14. The number of alkyl halides is 3. The molecular weight excluding hydrogens is 213 g/mol. The van der Waals surface area contributed by atoms with Crippen molar-refractivity contribution >= 4 is 11.6 Å². The highest BCUT2D eigenvalue weighted by atomic mass is 35.5. The van der Waals surface area contributed by atoms with Crippen LogP contribution in [0.1, 0.15) is 24.8 Å². The molecule has 4 heteroatoms.